The zero-order valence-corrected chi connectivity index (χ0v) is 9.92. The van der Waals surface area contributed by atoms with E-state index in [1.54, 1.807) is 0 Å². The summed E-state index contributed by atoms with van der Waals surface area (Å²) in [5, 5.41) is 11.3. The lowest BCUT2D eigenvalue weighted by Crippen LogP contribution is -2.14. The molecule has 0 spiro atoms. The fourth-order valence-electron chi connectivity index (χ4n) is 1.91. The van der Waals surface area contributed by atoms with Gasteiger partial charge >= 0.3 is 0 Å². The quantitative estimate of drug-likeness (QED) is 0.550. The maximum Gasteiger partial charge on any atom is 0.0664 e. The van der Waals surface area contributed by atoms with Crippen LogP contribution in [0.4, 0.5) is 11.4 Å². The van der Waals surface area contributed by atoms with Crippen LogP contribution in [0.1, 0.15) is 12.0 Å². The molecule has 0 bridgehead atoms. The van der Waals surface area contributed by atoms with Gasteiger partial charge in [-0.1, -0.05) is 6.08 Å². The van der Waals surface area contributed by atoms with E-state index in [0.29, 0.717) is 24.6 Å². The van der Waals surface area contributed by atoms with E-state index < -0.39 is 0 Å². The molecule has 4 N–H and O–H groups in total. The molecule has 1 aromatic rings. The lowest BCUT2D eigenvalue weighted by molar-refractivity contribution is 0.156. The molecule has 0 atom stereocenters. The first-order valence-electron chi connectivity index (χ1n) is 5.65. The van der Waals surface area contributed by atoms with Gasteiger partial charge < -0.3 is 15.8 Å². The molecule has 0 unspecified atom stereocenters. The Morgan fingerprint density at radius 1 is 1.47 bits per heavy atom. The molecule has 1 aromatic carbocycles. The Kier molecular flexibility index (Phi) is 3.44. The molecule has 1 aliphatic rings. The van der Waals surface area contributed by atoms with Crippen LogP contribution in [0.15, 0.2) is 29.8 Å². The Balaban J connectivity index is 2.35. The highest BCUT2D eigenvalue weighted by Crippen LogP contribution is 2.23. The molecule has 1 heterocycles. The van der Waals surface area contributed by atoms with Gasteiger partial charge in [-0.15, -0.1) is 0 Å². The summed E-state index contributed by atoms with van der Waals surface area (Å²) in [6, 6.07) is 5.57. The van der Waals surface area contributed by atoms with E-state index in [2.05, 4.69) is 5.32 Å². The Morgan fingerprint density at radius 2 is 2.29 bits per heavy atom. The van der Waals surface area contributed by atoms with Crippen molar-refractivity contribution in [2.24, 2.45) is 0 Å². The van der Waals surface area contributed by atoms with Crippen LogP contribution in [0.25, 0.3) is 0 Å². The third-order valence-electron chi connectivity index (χ3n) is 2.87. The summed E-state index contributed by atoms with van der Waals surface area (Å²) >= 11 is 0. The zero-order valence-electron chi connectivity index (χ0n) is 9.92. The second-order valence-electron chi connectivity index (χ2n) is 3.98. The summed E-state index contributed by atoms with van der Waals surface area (Å²) in [5.41, 5.74) is 9.79. The van der Waals surface area contributed by atoms with Crippen LogP contribution in [0, 0.1) is 5.41 Å². The normalized spacial score (nSPS) is 15.2. The number of hydrogen-bond acceptors (Lipinski definition) is 4. The van der Waals surface area contributed by atoms with Gasteiger partial charge in [0.2, 0.25) is 0 Å². The van der Waals surface area contributed by atoms with Gasteiger partial charge in [-0.25, -0.2) is 0 Å². The first kappa shape index (κ1) is 11.7. The molecule has 90 valence electrons. The van der Waals surface area contributed by atoms with E-state index in [-0.39, 0.29) is 0 Å². The predicted octanol–water partition coefficient (Wildman–Crippen LogP) is 2.03. The second-order valence-corrected chi connectivity index (χ2v) is 3.98. The predicted molar refractivity (Wildman–Crippen MR) is 70.7 cm³/mol. The molecule has 0 saturated heterocycles. The van der Waals surface area contributed by atoms with Crippen molar-refractivity contribution in [1.29, 1.82) is 5.41 Å². The largest absolute Gasteiger partial charge is 0.399 e. The number of benzene rings is 1. The maximum absolute atomic E-state index is 8.25. The van der Waals surface area contributed by atoms with Crippen molar-refractivity contribution in [2.75, 3.05) is 31.3 Å². The van der Waals surface area contributed by atoms with Crippen LogP contribution < -0.4 is 11.1 Å². The van der Waals surface area contributed by atoms with Gasteiger partial charge in [-0.05, 0) is 30.2 Å². The van der Waals surface area contributed by atoms with Gasteiger partial charge in [-0.2, -0.15) is 0 Å². The molecule has 0 fully saturated rings. The van der Waals surface area contributed by atoms with Gasteiger partial charge in [-0.3, -0.25) is 5.41 Å². The summed E-state index contributed by atoms with van der Waals surface area (Å²) in [4.78, 5) is 0. The Morgan fingerprint density at radius 3 is 2.94 bits per heavy atom. The highest BCUT2D eigenvalue weighted by atomic mass is 16.5. The average Bonchev–Trinajstić information content (AvgIpc) is 2.39. The van der Waals surface area contributed by atoms with Gasteiger partial charge in [0.15, 0.2) is 0 Å². The summed E-state index contributed by atoms with van der Waals surface area (Å²) in [6.07, 6.45) is 2.76. The van der Waals surface area contributed by atoms with E-state index >= 15 is 0 Å². The van der Waals surface area contributed by atoms with E-state index in [1.165, 1.54) is 0 Å². The summed E-state index contributed by atoms with van der Waals surface area (Å²) < 4.78 is 5.25. The minimum atomic E-state index is 0.532. The number of nitrogens with two attached hydrogens (primary N) is 1. The number of anilines is 2. The monoisotopic (exact) mass is 231 g/mol. The minimum absolute atomic E-state index is 0.532. The lowest BCUT2D eigenvalue weighted by Gasteiger charge is -2.17. The van der Waals surface area contributed by atoms with E-state index in [0.717, 1.165) is 23.2 Å². The molecule has 4 heteroatoms. The van der Waals surface area contributed by atoms with Crippen molar-refractivity contribution in [1.82, 2.24) is 0 Å². The molecular formula is C13H17N3O. The average molecular weight is 231 g/mol. The highest BCUT2D eigenvalue weighted by Gasteiger charge is 2.14. The summed E-state index contributed by atoms with van der Waals surface area (Å²) in [7, 11) is 1.85. The Labute approximate surface area is 101 Å². The third kappa shape index (κ3) is 2.47. The number of rotatable bonds is 3. The van der Waals surface area contributed by atoms with Crippen molar-refractivity contribution in [2.45, 2.75) is 6.42 Å². The van der Waals surface area contributed by atoms with Gasteiger partial charge in [0.25, 0.3) is 0 Å². The number of nitrogens with one attached hydrogen (secondary N) is 2. The van der Waals surface area contributed by atoms with Crippen LogP contribution in [0.3, 0.4) is 0 Å². The Hall–Kier alpha value is -1.81. The Bertz CT molecular complexity index is 466. The molecule has 0 saturated carbocycles. The van der Waals surface area contributed by atoms with Crippen molar-refractivity contribution in [3.63, 3.8) is 0 Å². The molecule has 0 amide bonds. The molecule has 1 aliphatic heterocycles. The van der Waals surface area contributed by atoms with Crippen LogP contribution in [-0.4, -0.2) is 26.0 Å². The molecule has 0 radical (unpaired) electrons. The minimum Gasteiger partial charge on any atom is -0.399 e. The van der Waals surface area contributed by atoms with Crippen molar-refractivity contribution >= 4 is 17.1 Å². The molecule has 0 aliphatic carbocycles. The zero-order chi connectivity index (χ0) is 12.3. The topological polar surface area (TPSA) is 71.1 Å². The molecule has 2 rings (SSSR count). The summed E-state index contributed by atoms with van der Waals surface area (Å²) in [5.74, 6) is 0. The summed E-state index contributed by atoms with van der Waals surface area (Å²) in [6.45, 7) is 1.28. The fourth-order valence-corrected chi connectivity index (χ4v) is 1.91. The van der Waals surface area contributed by atoms with Gasteiger partial charge in [0, 0.05) is 24.0 Å². The van der Waals surface area contributed by atoms with E-state index in [1.807, 2.05) is 31.3 Å². The standard InChI is InChI=1S/C13H17N3O/c1-16-12-3-2-10(14)8-11(12)13(15)9-4-6-17-7-5-9/h2-4,8,15-16H,5-7,14H2,1H3. The van der Waals surface area contributed by atoms with Crippen molar-refractivity contribution < 1.29 is 4.74 Å². The maximum atomic E-state index is 8.25. The first-order chi connectivity index (χ1) is 8.22. The van der Waals surface area contributed by atoms with E-state index in [4.69, 9.17) is 15.9 Å². The van der Waals surface area contributed by atoms with Crippen LogP contribution in [0.2, 0.25) is 0 Å². The smallest absolute Gasteiger partial charge is 0.0664 e. The molecule has 0 aromatic heterocycles. The fraction of sp³-hybridized carbons (Fsp3) is 0.308. The first-order valence-corrected chi connectivity index (χ1v) is 5.65. The van der Waals surface area contributed by atoms with Crippen LogP contribution in [0.5, 0.6) is 0 Å². The molecule has 4 nitrogen and oxygen atoms in total. The molecule has 17 heavy (non-hydrogen) atoms. The van der Waals surface area contributed by atoms with Crippen LogP contribution >= 0.6 is 0 Å². The number of hydrogen-bond donors (Lipinski definition) is 3. The number of nitrogen functional groups attached to an aromatic ring is 1. The SMILES string of the molecule is CNc1ccc(N)cc1C(=N)C1=CCOCC1. The van der Waals surface area contributed by atoms with Gasteiger partial charge in [0.05, 0.1) is 18.9 Å². The third-order valence-corrected chi connectivity index (χ3v) is 2.87. The molecular weight excluding hydrogens is 214 g/mol. The lowest BCUT2D eigenvalue weighted by atomic mass is 9.97. The van der Waals surface area contributed by atoms with Crippen molar-refractivity contribution in [3.05, 3.63) is 35.4 Å². The number of ether oxygens (including phenoxy) is 1. The van der Waals surface area contributed by atoms with Crippen molar-refractivity contribution in [3.8, 4) is 0 Å². The van der Waals surface area contributed by atoms with E-state index in [9.17, 15) is 0 Å². The van der Waals surface area contributed by atoms with Gasteiger partial charge in [0.1, 0.15) is 0 Å². The second kappa shape index (κ2) is 5.01. The van der Waals surface area contributed by atoms with Crippen LogP contribution in [-0.2, 0) is 4.74 Å². The highest BCUT2D eigenvalue weighted by molar-refractivity contribution is 6.14.